The molecule has 58 heavy (non-hydrogen) atoms. The van der Waals surface area contributed by atoms with Crippen LogP contribution < -0.4 is 5.32 Å². The van der Waals surface area contributed by atoms with Crippen molar-refractivity contribution in [2.45, 2.75) is 113 Å². The number of fused-ring (bicyclic) bond motifs is 3. The van der Waals surface area contributed by atoms with Crippen molar-refractivity contribution in [3.8, 4) is 11.5 Å². The van der Waals surface area contributed by atoms with Crippen molar-refractivity contribution in [1.82, 2.24) is 10.2 Å². The Morgan fingerprint density at radius 2 is 1.69 bits per heavy atom. The van der Waals surface area contributed by atoms with Crippen LogP contribution in [0.15, 0.2) is 12.2 Å². The van der Waals surface area contributed by atoms with Gasteiger partial charge < -0.3 is 54.5 Å². The number of imide groups is 1. The number of aliphatic hydroxyl groups is 3. The number of nitrogens with one attached hydrogen (secondary N) is 1. The summed E-state index contributed by atoms with van der Waals surface area (Å²) in [5.74, 6) is -6.83. The number of carbonyl (C=O) groups is 7. The lowest BCUT2D eigenvalue weighted by Gasteiger charge is -2.44. The summed E-state index contributed by atoms with van der Waals surface area (Å²) in [5, 5.41) is 58.0. The predicted octanol–water partition coefficient (Wildman–Crippen LogP) is 0.781. The molecule has 2 aliphatic heterocycles. The van der Waals surface area contributed by atoms with E-state index < -0.39 is 132 Å². The van der Waals surface area contributed by atoms with E-state index in [1.165, 1.54) is 26.2 Å². The Morgan fingerprint density at radius 3 is 2.38 bits per heavy atom. The summed E-state index contributed by atoms with van der Waals surface area (Å²) in [4.78, 5) is 90.0. The third-order valence-corrected chi connectivity index (χ3v) is 11.7. The number of esters is 1. The highest BCUT2D eigenvalue weighted by molar-refractivity contribution is 6.19. The first-order valence-electron chi connectivity index (χ1n) is 19.3. The highest BCUT2D eigenvalue weighted by Gasteiger charge is 2.54. The summed E-state index contributed by atoms with van der Waals surface area (Å²) in [6.07, 6.45) is -3.11. The molecule has 19 nitrogen and oxygen atoms in total. The number of amides is 3. The van der Waals surface area contributed by atoms with Crippen molar-refractivity contribution >= 4 is 41.2 Å². The van der Waals surface area contributed by atoms with Gasteiger partial charge in [-0.25, -0.2) is 4.79 Å². The first kappa shape index (κ1) is 42.8. The number of ether oxygens (including phenoxy) is 5. The molecule has 6 rings (SSSR count). The number of aliphatic hydroxyl groups excluding tert-OH is 2. The molecular weight excluding hydrogens is 768 g/mol. The Kier molecular flexibility index (Phi) is 13.0. The van der Waals surface area contributed by atoms with Crippen LogP contribution in [0.4, 0.5) is 4.79 Å². The second-order valence-corrected chi connectivity index (χ2v) is 15.3. The summed E-state index contributed by atoms with van der Waals surface area (Å²) in [7, 11) is 1.42. The molecule has 3 amide bonds. The SMILES string of the molecule is COC1CCCC2C(=O)c3c(O)c4c(c(O)c3C(=O)C12)[C@@H](O[C@H]1C[C@H](NC(=O)OCOC(=O)CCCCCN2C(=O)C=CC2=O)[C@H](O)[C@H](C)O1)C[C@](O)(C(=O)CO)C4. The van der Waals surface area contributed by atoms with Crippen LogP contribution >= 0.6 is 0 Å². The molecule has 5 aliphatic rings. The fraction of sp³-hybridized carbons (Fsp3) is 0.615. The number of aromatic hydroxyl groups is 2. The summed E-state index contributed by atoms with van der Waals surface area (Å²) in [6, 6.07) is -1.10. The number of alkyl carbamates (subject to hydrolysis) is 1. The minimum Gasteiger partial charge on any atom is -0.507 e. The van der Waals surface area contributed by atoms with E-state index in [9.17, 15) is 59.1 Å². The summed E-state index contributed by atoms with van der Waals surface area (Å²) in [6.45, 7) is -0.152. The third-order valence-electron chi connectivity index (χ3n) is 11.7. The number of carbonyl (C=O) groups excluding carboxylic acids is 7. The molecule has 0 radical (unpaired) electrons. The van der Waals surface area contributed by atoms with Gasteiger partial charge in [0.2, 0.25) is 6.79 Å². The van der Waals surface area contributed by atoms with Crippen LogP contribution in [-0.2, 0) is 49.3 Å². The minimum absolute atomic E-state index is 0.0148. The van der Waals surface area contributed by atoms with E-state index in [2.05, 4.69) is 5.32 Å². The lowest BCUT2D eigenvalue weighted by atomic mass is 9.64. The van der Waals surface area contributed by atoms with Gasteiger partial charge in [-0.05, 0) is 32.6 Å². The lowest BCUT2D eigenvalue weighted by Crippen LogP contribution is -2.56. The van der Waals surface area contributed by atoms with Gasteiger partial charge in [0.05, 0.1) is 41.4 Å². The molecule has 0 bridgehead atoms. The highest BCUT2D eigenvalue weighted by Crippen LogP contribution is 2.54. The molecule has 1 aromatic carbocycles. The van der Waals surface area contributed by atoms with Crippen molar-refractivity contribution in [3.05, 3.63) is 34.4 Å². The molecule has 19 heteroatoms. The highest BCUT2D eigenvalue weighted by atomic mass is 16.7. The number of hydrogen-bond donors (Lipinski definition) is 6. The molecule has 6 N–H and O–H groups in total. The quantitative estimate of drug-likeness (QED) is 0.0497. The number of nitrogens with zero attached hydrogens (tertiary/aromatic N) is 1. The van der Waals surface area contributed by atoms with Gasteiger partial charge in [0.1, 0.15) is 29.8 Å². The minimum atomic E-state index is -2.36. The van der Waals surface area contributed by atoms with Gasteiger partial charge in [0.15, 0.2) is 23.6 Å². The molecule has 2 heterocycles. The van der Waals surface area contributed by atoms with Crippen LogP contribution in [0.5, 0.6) is 11.5 Å². The Bertz CT molecular complexity index is 1860. The number of phenols is 2. The van der Waals surface area contributed by atoms with E-state index >= 15 is 0 Å². The number of benzene rings is 1. The van der Waals surface area contributed by atoms with E-state index in [-0.39, 0.29) is 42.3 Å². The second kappa shape index (κ2) is 17.6. The third kappa shape index (κ3) is 8.37. The summed E-state index contributed by atoms with van der Waals surface area (Å²) < 4.78 is 27.5. The molecule has 3 unspecified atom stereocenters. The summed E-state index contributed by atoms with van der Waals surface area (Å²) in [5.41, 5.74) is -3.63. The number of hydrogen-bond acceptors (Lipinski definition) is 17. The number of unbranched alkanes of at least 4 members (excludes halogenated alkanes) is 2. The average molecular weight is 817 g/mol. The number of methoxy groups -OCH3 is 1. The molecule has 1 saturated carbocycles. The average Bonchev–Trinajstić information content (AvgIpc) is 3.51. The normalized spacial score (nSPS) is 30.4. The second-order valence-electron chi connectivity index (χ2n) is 15.3. The molecule has 316 valence electrons. The van der Waals surface area contributed by atoms with Crippen molar-refractivity contribution in [3.63, 3.8) is 0 Å². The molecule has 3 aliphatic carbocycles. The molecule has 0 spiro atoms. The maximum Gasteiger partial charge on any atom is 0.410 e. The Hall–Kier alpha value is -4.79. The topological polar surface area (TPSA) is 282 Å². The number of ketones is 3. The van der Waals surface area contributed by atoms with Crippen LogP contribution in [0, 0.1) is 11.8 Å². The first-order chi connectivity index (χ1) is 27.6. The summed E-state index contributed by atoms with van der Waals surface area (Å²) >= 11 is 0. The molecule has 0 aromatic heterocycles. The molecular formula is C39H48N2O17. The van der Waals surface area contributed by atoms with Gasteiger partial charge in [0, 0.05) is 68.5 Å². The monoisotopic (exact) mass is 816 g/mol. The number of rotatable bonds is 14. The number of phenolic OH excluding ortho intramolecular Hbond substituents is 2. The standard InChI is InChI=1S/C39H48N2O17/c1-18-33(47)21(40-38(52)56-17-55-27(46)9-4-3-5-12-41-25(44)10-11-26(41)45)13-28(57-18)58-23-15-39(53,24(43)16-42)14-20-30(23)37(51)32-31(35(20)49)34(48)19-7-6-8-22(54-2)29(19)36(32)50/h10-11,18-19,21-23,28-29,33,42,47,49,51,53H,3-9,12-17H2,1-2H3,(H,40,52)/t18-,19?,21-,22?,23-,28-,29?,33+,39-/m0/s1. The Balaban J connectivity index is 1.11. The zero-order valence-electron chi connectivity index (χ0n) is 32.0. The zero-order valence-corrected chi connectivity index (χ0v) is 32.0. The van der Waals surface area contributed by atoms with Gasteiger partial charge in [-0.15, -0.1) is 0 Å². The molecule has 1 aromatic rings. The van der Waals surface area contributed by atoms with Crippen LogP contribution in [0.1, 0.15) is 103 Å². The largest absolute Gasteiger partial charge is 0.507 e. The fourth-order valence-electron chi connectivity index (χ4n) is 8.71. The van der Waals surface area contributed by atoms with E-state index in [1.807, 2.05) is 0 Å². The van der Waals surface area contributed by atoms with Crippen molar-refractivity contribution < 1.29 is 82.8 Å². The maximum absolute atomic E-state index is 14.0. The van der Waals surface area contributed by atoms with E-state index in [1.54, 1.807) is 0 Å². The van der Waals surface area contributed by atoms with Gasteiger partial charge in [-0.1, -0.05) is 12.8 Å². The van der Waals surface area contributed by atoms with Gasteiger partial charge in [0.25, 0.3) is 11.8 Å². The molecule has 1 saturated heterocycles. The molecule has 2 fully saturated rings. The van der Waals surface area contributed by atoms with Crippen LogP contribution in [0.3, 0.4) is 0 Å². The van der Waals surface area contributed by atoms with Crippen molar-refractivity contribution in [1.29, 1.82) is 0 Å². The number of Topliss-reactive ketones (excluding diaryl/α,β-unsaturated/α-hetero) is 3. The van der Waals surface area contributed by atoms with E-state index in [0.717, 1.165) is 4.90 Å². The lowest BCUT2D eigenvalue weighted by molar-refractivity contribution is -0.249. The van der Waals surface area contributed by atoms with Crippen LogP contribution in [0.25, 0.3) is 0 Å². The molecule has 9 atom stereocenters. The van der Waals surface area contributed by atoms with Crippen molar-refractivity contribution in [2.24, 2.45) is 11.8 Å². The Morgan fingerprint density at radius 1 is 0.983 bits per heavy atom. The van der Waals surface area contributed by atoms with Crippen LogP contribution in [-0.4, -0.2) is 135 Å². The first-order valence-corrected chi connectivity index (χ1v) is 19.3. The van der Waals surface area contributed by atoms with Gasteiger partial charge >= 0.3 is 12.1 Å². The maximum atomic E-state index is 14.0. The smallest absolute Gasteiger partial charge is 0.410 e. The van der Waals surface area contributed by atoms with E-state index in [4.69, 9.17) is 23.7 Å². The van der Waals surface area contributed by atoms with Crippen LogP contribution in [0.2, 0.25) is 0 Å². The zero-order chi connectivity index (χ0) is 42.1. The van der Waals surface area contributed by atoms with Gasteiger partial charge in [-0.2, -0.15) is 0 Å². The van der Waals surface area contributed by atoms with Crippen molar-refractivity contribution in [2.75, 3.05) is 27.1 Å². The van der Waals surface area contributed by atoms with E-state index in [0.29, 0.717) is 38.5 Å². The predicted molar refractivity (Wildman–Crippen MR) is 193 cm³/mol. The fourth-order valence-corrected chi connectivity index (χ4v) is 8.71. The van der Waals surface area contributed by atoms with Gasteiger partial charge in [-0.3, -0.25) is 33.7 Å². The Labute approximate surface area is 332 Å².